The second kappa shape index (κ2) is 3.95. The van der Waals surface area contributed by atoms with E-state index < -0.39 is 0 Å². The molecule has 2 aliphatic rings. The van der Waals surface area contributed by atoms with E-state index in [0.717, 1.165) is 19.8 Å². The van der Waals surface area contributed by atoms with Gasteiger partial charge in [0.1, 0.15) is 0 Å². The Kier molecular flexibility index (Phi) is 2.47. The summed E-state index contributed by atoms with van der Waals surface area (Å²) >= 11 is 0. The minimum Gasteiger partial charge on any atom is -0.380 e. The molecule has 0 N–H and O–H groups in total. The highest BCUT2D eigenvalue weighted by Crippen LogP contribution is 2.22. The van der Waals surface area contributed by atoms with Gasteiger partial charge >= 0.3 is 0 Å². The van der Waals surface area contributed by atoms with Gasteiger partial charge < -0.3 is 4.74 Å². The highest BCUT2D eigenvalue weighted by molar-refractivity contribution is 5.28. The van der Waals surface area contributed by atoms with E-state index in [1.807, 2.05) is 6.07 Å². The van der Waals surface area contributed by atoms with Gasteiger partial charge in [-0.25, -0.2) is 0 Å². The van der Waals surface area contributed by atoms with Gasteiger partial charge in [0.15, 0.2) is 0 Å². The normalized spacial score (nSPS) is 26.5. The molecule has 1 fully saturated rings. The number of fused-ring (bicyclic) bond motifs is 1. The van der Waals surface area contributed by atoms with Gasteiger partial charge in [-0.1, -0.05) is 12.1 Å². The Morgan fingerprint density at radius 2 is 2.40 bits per heavy atom. The Morgan fingerprint density at radius 3 is 3.27 bits per heavy atom. The average molecular weight is 202 g/mol. The maximum absolute atomic E-state index is 5.45. The third kappa shape index (κ3) is 1.80. The molecule has 2 aliphatic heterocycles. The average Bonchev–Trinajstić information content (AvgIpc) is 2.82. The van der Waals surface area contributed by atoms with Gasteiger partial charge in [0.05, 0.1) is 6.61 Å². The van der Waals surface area contributed by atoms with Gasteiger partial charge in [0, 0.05) is 25.7 Å². The van der Waals surface area contributed by atoms with Gasteiger partial charge in [0.2, 0.25) is 0 Å². The Hall–Kier alpha value is -0.860. The minimum absolute atomic E-state index is 0.651. The molecule has 1 unspecified atom stereocenters. The van der Waals surface area contributed by atoms with E-state index in [9.17, 15) is 0 Å². The molecule has 0 amide bonds. The van der Waals surface area contributed by atoms with Gasteiger partial charge in [-0.05, 0) is 36.1 Å². The zero-order valence-corrected chi connectivity index (χ0v) is 8.91. The van der Waals surface area contributed by atoms with Crippen LogP contribution in [0.1, 0.15) is 17.5 Å². The minimum atomic E-state index is 0.651. The van der Waals surface area contributed by atoms with Crippen molar-refractivity contribution in [1.29, 1.82) is 0 Å². The number of benzene rings is 1. The predicted molar refractivity (Wildman–Crippen MR) is 58.6 cm³/mol. The summed E-state index contributed by atoms with van der Waals surface area (Å²) < 4.78 is 5.45. The standard InChI is InChI=1S/C13H16NO/c1-2-4-12-9-14(7-5-11(12)3-1)13-6-8-15-10-13/h1,3-4,13H,5-10H2. The molecule has 0 saturated carbocycles. The molecule has 0 spiro atoms. The molecule has 2 heterocycles. The Bertz CT molecular complexity index is 344. The molecule has 1 radical (unpaired) electrons. The summed E-state index contributed by atoms with van der Waals surface area (Å²) in [5.41, 5.74) is 2.96. The zero-order valence-electron chi connectivity index (χ0n) is 8.91. The number of nitrogens with zero attached hydrogens (tertiary/aromatic N) is 1. The van der Waals surface area contributed by atoms with E-state index in [1.54, 1.807) is 0 Å². The molecule has 0 bridgehead atoms. The summed E-state index contributed by atoms with van der Waals surface area (Å²) in [7, 11) is 0. The number of ether oxygens (including phenoxy) is 1. The van der Waals surface area contributed by atoms with Crippen molar-refractivity contribution >= 4 is 0 Å². The third-order valence-electron chi connectivity index (χ3n) is 3.51. The van der Waals surface area contributed by atoms with Crippen LogP contribution in [0.5, 0.6) is 0 Å². The lowest BCUT2D eigenvalue weighted by Crippen LogP contribution is -2.39. The van der Waals surface area contributed by atoms with Crippen LogP contribution in [0.2, 0.25) is 0 Å². The summed E-state index contributed by atoms with van der Waals surface area (Å²) in [5.74, 6) is 0. The molecular formula is C13H16NO. The maximum atomic E-state index is 5.45. The molecule has 1 aromatic rings. The fourth-order valence-corrected chi connectivity index (χ4v) is 2.57. The Morgan fingerprint density at radius 1 is 1.40 bits per heavy atom. The van der Waals surface area contributed by atoms with Crippen molar-refractivity contribution in [1.82, 2.24) is 4.90 Å². The highest BCUT2D eigenvalue weighted by Gasteiger charge is 2.26. The molecule has 15 heavy (non-hydrogen) atoms. The lowest BCUT2D eigenvalue weighted by atomic mass is 9.98. The van der Waals surface area contributed by atoms with Crippen molar-refractivity contribution in [2.24, 2.45) is 0 Å². The molecule has 2 heteroatoms. The van der Waals surface area contributed by atoms with E-state index in [4.69, 9.17) is 4.74 Å². The lowest BCUT2D eigenvalue weighted by Gasteiger charge is -2.32. The van der Waals surface area contributed by atoms with Gasteiger partial charge in [-0.2, -0.15) is 0 Å². The first kappa shape index (κ1) is 9.37. The SMILES string of the molecule is [c]1ccc2c(c1)CN(C1CCOC1)CC2. The van der Waals surface area contributed by atoms with Crippen LogP contribution < -0.4 is 0 Å². The molecule has 0 aromatic heterocycles. The van der Waals surface area contributed by atoms with Crippen LogP contribution in [0.4, 0.5) is 0 Å². The van der Waals surface area contributed by atoms with Crippen LogP contribution in [0.25, 0.3) is 0 Å². The summed E-state index contributed by atoms with van der Waals surface area (Å²) in [6, 6.07) is 10.2. The largest absolute Gasteiger partial charge is 0.380 e. The molecule has 1 saturated heterocycles. The number of rotatable bonds is 1. The van der Waals surface area contributed by atoms with Crippen molar-refractivity contribution in [3.05, 3.63) is 35.4 Å². The zero-order chi connectivity index (χ0) is 10.1. The van der Waals surface area contributed by atoms with E-state index in [0.29, 0.717) is 6.04 Å². The van der Waals surface area contributed by atoms with E-state index >= 15 is 0 Å². The number of hydrogen-bond acceptors (Lipinski definition) is 2. The van der Waals surface area contributed by atoms with E-state index in [-0.39, 0.29) is 0 Å². The third-order valence-corrected chi connectivity index (χ3v) is 3.51. The fraction of sp³-hybridized carbons (Fsp3) is 0.538. The molecule has 1 aromatic carbocycles. The second-order valence-corrected chi connectivity index (χ2v) is 4.43. The van der Waals surface area contributed by atoms with Gasteiger partial charge in [-0.15, -0.1) is 0 Å². The molecule has 1 atom stereocenters. The summed E-state index contributed by atoms with van der Waals surface area (Å²) in [4.78, 5) is 2.56. The molecular weight excluding hydrogens is 186 g/mol. The van der Waals surface area contributed by atoms with Crippen LogP contribution >= 0.6 is 0 Å². The lowest BCUT2D eigenvalue weighted by molar-refractivity contribution is 0.135. The Labute approximate surface area is 90.8 Å². The van der Waals surface area contributed by atoms with Gasteiger partial charge in [-0.3, -0.25) is 4.90 Å². The first-order valence-corrected chi connectivity index (χ1v) is 5.73. The maximum Gasteiger partial charge on any atom is 0.0622 e. The van der Waals surface area contributed by atoms with Crippen LogP contribution in [0.15, 0.2) is 18.2 Å². The van der Waals surface area contributed by atoms with Crippen LogP contribution in [-0.4, -0.2) is 30.7 Å². The van der Waals surface area contributed by atoms with Crippen molar-refractivity contribution in [3.8, 4) is 0 Å². The van der Waals surface area contributed by atoms with Gasteiger partial charge in [0.25, 0.3) is 0 Å². The Balaban J connectivity index is 1.76. The molecule has 2 nitrogen and oxygen atoms in total. The van der Waals surface area contributed by atoms with Crippen molar-refractivity contribution in [3.63, 3.8) is 0 Å². The molecule has 3 rings (SSSR count). The van der Waals surface area contributed by atoms with E-state index in [2.05, 4.69) is 23.1 Å². The van der Waals surface area contributed by atoms with Crippen molar-refractivity contribution in [2.75, 3.05) is 19.8 Å². The van der Waals surface area contributed by atoms with Crippen LogP contribution in [-0.2, 0) is 17.7 Å². The van der Waals surface area contributed by atoms with Crippen LogP contribution in [0, 0.1) is 6.07 Å². The molecule has 79 valence electrons. The first-order chi connectivity index (χ1) is 7.43. The summed E-state index contributed by atoms with van der Waals surface area (Å²) in [5, 5.41) is 0. The second-order valence-electron chi connectivity index (χ2n) is 4.43. The molecule has 0 aliphatic carbocycles. The fourth-order valence-electron chi connectivity index (χ4n) is 2.57. The first-order valence-electron chi connectivity index (χ1n) is 5.73. The highest BCUT2D eigenvalue weighted by atomic mass is 16.5. The van der Waals surface area contributed by atoms with Crippen molar-refractivity contribution < 1.29 is 4.74 Å². The quantitative estimate of drug-likeness (QED) is 0.686. The van der Waals surface area contributed by atoms with E-state index in [1.165, 1.54) is 30.5 Å². The smallest absolute Gasteiger partial charge is 0.0622 e. The topological polar surface area (TPSA) is 12.5 Å². The predicted octanol–water partition coefficient (Wildman–Crippen LogP) is 1.63. The summed E-state index contributed by atoms with van der Waals surface area (Å²) in [6.07, 6.45) is 2.38. The van der Waals surface area contributed by atoms with Crippen molar-refractivity contribution in [2.45, 2.75) is 25.4 Å². The number of hydrogen-bond donors (Lipinski definition) is 0. The monoisotopic (exact) mass is 202 g/mol. The van der Waals surface area contributed by atoms with Crippen LogP contribution in [0.3, 0.4) is 0 Å². The summed E-state index contributed by atoms with van der Waals surface area (Å²) in [6.45, 7) is 4.13.